The van der Waals surface area contributed by atoms with Gasteiger partial charge in [0.05, 0.1) is 16.9 Å². The van der Waals surface area contributed by atoms with E-state index in [9.17, 15) is 14.7 Å². The average Bonchev–Trinajstić information content (AvgIpc) is 2.75. The van der Waals surface area contributed by atoms with Crippen LogP contribution in [-0.2, 0) is 11.3 Å². The van der Waals surface area contributed by atoms with Crippen LogP contribution in [-0.4, -0.2) is 33.8 Å². The fraction of sp³-hybridized carbons (Fsp3) is 0.267. The van der Waals surface area contributed by atoms with Gasteiger partial charge in [0.25, 0.3) is 0 Å². The molecular formula is C15H17N3O3. The second-order valence-corrected chi connectivity index (χ2v) is 4.86. The smallest absolute Gasteiger partial charge is 0.337 e. The highest BCUT2D eigenvalue weighted by Crippen LogP contribution is 2.19. The summed E-state index contributed by atoms with van der Waals surface area (Å²) < 4.78 is 1.61. The maximum atomic E-state index is 12.3. The third-order valence-electron chi connectivity index (χ3n) is 3.26. The topological polar surface area (TPSA) is 75.4 Å². The standard InChI is InChI=1S/C15H17N3O3/c1-10-8-11(2)18(16-10)9-14(19)17(3)13-7-5-4-6-12(13)15(20)21/h4-8H,9H2,1-3H3,(H,20,21). The van der Waals surface area contributed by atoms with Crippen LogP contribution in [0.25, 0.3) is 0 Å². The van der Waals surface area contributed by atoms with Crippen molar-refractivity contribution in [3.8, 4) is 0 Å². The molecule has 21 heavy (non-hydrogen) atoms. The second kappa shape index (κ2) is 5.78. The minimum Gasteiger partial charge on any atom is -0.478 e. The summed E-state index contributed by atoms with van der Waals surface area (Å²) in [6.45, 7) is 3.81. The molecule has 6 nitrogen and oxygen atoms in total. The molecule has 0 saturated carbocycles. The Balaban J connectivity index is 2.24. The summed E-state index contributed by atoms with van der Waals surface area (Å²) >= 11 is 0. The molecule has 0 bridgehead atoms. The minimum atomic E-state index is -1.06. The number of carbonyl (C=O) groups excluding carboxylic acids is 1. The van der Waals surface area contributed by atoms with Crippen LogP contribution in [0.2, 0.25) is 0 Å². The second-order valence-electron chi connectivity index (χ2n) is 4.86. The molecule has 0 fully saturated rings. The maximum Gasteiger partial charge on any atom is 0.337 e. The van der Waals surface area contributed by atoms with Gasteiger partial charge in [-0.3, -0.25) is 9.48 Å². The Morgan fingerprint density at radius 1 is 1.29 bits per heavy atom. The average molecular weight is 287 g/mol. The van der Waals surface area contributed by atoms with Crippen molar-refractivity contribution in [2.75, 3.05) is 11.9 Å². The summed E-state index contributed by atoms with van der Waals surface area (Å²) in [6, 6.07) is 8.31. The molecule has 1 N–H and O–H groups in total. The van der Waals surface area contributed by atoms with Crippen molar-refractivity contribution in [2.24, 2.45) is 0 Å². The first-order valence-electron chi connectivity index (χ1n) is 6.50. The van der Waals surface area contributed by atoms with Crippen LogP contribution in [0, 0.1) is 13.8 Å². The molecule has 0 radical (unpaired) electrons. The van der Waals surface area contributed by atoms with Crippen molar-refractivity contribution in [3.63, 3.8) is 0 Å². The third-order valence-corrected chi connectivity index (χ3v) is 3.26. The number of rotatable bonds is 4. The molecule has 110 valence electrons. The molecule has 0 spiro atoms. The molecule has 2 aromatic rings. The largest absolute Gasteiger partial charge is 0.478 e. The van der Waals surface area contributed by atoms with Crippen LogP contribution in [0.5, 0.6) is 0 Å². The van der Waals surface area contributed by atoms with E-state index in [0.29, 0.717) is 5.69 Å². The number of aryl methyl sites for hydroxylation is 2. The number of hydrogen-bond donors (Lipinski definition) is 1. The van der Waals surface area contributed by atoms with Crippen LogP contribution in [0.3, 0.4) is 0 Å². The fourth-order valence-corrected chi connectivity index (χ4v) is 2.15. The lowest BCUT2D eigenvalue weighted by Crippen LogP contribution is -2.31. The maximum absolute atomic E-state index is 12.3. The number of benzene rings is 1. The molecule has 6 heteroatoms. The number of aromatic nitrogens is 2. The lowest BCUT2D eigenvalue weighted by atomic mass is 10.1. The first kappa shape index (κ1) is 14.8. The molecular weight excluding hydrogens is 270 g/mol. The van der Waals surface area contributed by atoms with Crippen molar-refractivity contribution < 1.29 is 14.7 Å². The van der Waals surface area contributed by atoms with Gasteiger partial charge in [-0.05, 0) is 32.0 Å². The number of nitrogens with zero attached hydrogens (tertiary/aromatic N) is 3. The monoisotopic (exact) mass is 287 g/mol. The van der Waals surface area contributed by atoms with Gasteiger partial charge in [-0.25, -0.2) is 4.79 Å². The zero-order valence-electron chi connectivity index (χ0n) is 12.2. The number of anilines is 1. The van der Waals surface area contributed by atoms with E-state index in [4.69, 9.17) is 0 Å². The SMILES string of the molecule is Cc1cc(C)n(CC(=O)N(C)c2ccccc2C(=O)O)n1. The van der Waals surface area contributed by atoms with Gasteiger partial charge in [-0.2, -0.15) is 5.10 Å². The van der Waals surface area contributed by atoms with Gasteiger partial charge in [0.2, 0.25) is 5.91 Å². The van der Waals surface area contributed by atoms with Gasteiger partial charge >= 0.3 is 5.97 Å². The minimum absolute atomic E-state index is 0.0735. The zero-order valence-corrected chi connectivity index (χ0v) is 12.2. The fourth-order valence-electron chi connectivity index (χ4n) is 2.15. The Bertz CT molecular complexity index is 691. The Kier molecular flexibility index (Phi) is 4.07. The van der Waals surface area contributed by atoms with Gasteiger partial charge < -0.3 is 10.0 Å². The van der Waals surface area contributed by atoms with E-state index in [2.05, 4.69) is 5.10 Å². The van der Waals surface area contributed by atoms with E-state index < -0.39 is 5.97 Å². The van der Waals surface area contributed by atoms with Crippen LogP contribution in [0.4, 0.5) is 5.69 Å². The number of carboxylic acids is 1. The summed E-state index contributed by atoms with van der Waals surface area (Å²) in [7, 11) is 1.57. The van der Waals surface area contributed by atoms with E-state index in [1.165, 1.54) is 11.0 Å². The van der Waals surface area contributed by atoms with Crippen molar-refractivity contribution in [1.29, 1.82) is 0 Å². The van der Waals surface area contributed by atoms with Gasteiger partial charge in [0.15, 0.2) is 0 Å². The molecule has 1 aromatic heterocycles. The zero-order chi connectivity index (χ0) is 15.6. The normalized spacial score (nSPS) is 10.4. The predicted octanol–water partition coefficient (Wildman–Crippen LogP) is 1.86. The first-order valence-corrected chi connectivity index (χ1v) is 6.50. The molecule has 0 aliphatic heterocycles. The Morgan fingerprint density at radius 3 is 2.52 bits per heavy atom. The number of carboxylic acid groups (broad SMARTS) is 1. The van der Waals surface area contributed by atoms with Crippen molar-refractivity contribution >= 4 is 17.6 Å². The molecule has 0 saturated heterocycles. The van der Waals surface area contributed by atoms with Crippen LogP contribution in [0.1, 0.15) is 21.7 Å². The van der Waals surface area contributed by atoms with Gasteiger partial charge in [-0.15, -0.1) is 0 Å². The molecule has 0 aliphatic rings. The van der Waals surface area contributed by atoms with Crippen LogP contribution < -0.4 is 4.90 Å². The molecule has 1 aromatic carbocycles. The highest BCUT2D eigenvalue weighted by Gasteiger charge is 2.18. The van der Waals surface area contributed by atoms with Gasteiger partial charge in [-0.1, -0.05) is 12.1 Å². The van der Waals surface area contributed by atoms with Crippen LogP contribution >= 0.6 is 0 Å². The lowest BCUT2D eigenvalue weighted by molar-refractivity contribution is -0.119. The quantitative estimate of drug-likeness (QED) is 0.931. The summed E-state index contributed by atoms with van der Waals surface area (Å²) in [5.74, 6) is -1.29. The molecule has 0 atom stereocenters. The summed E-state index contributed by atoms with van der Waals surface area (Å²) in [5.41, 5.74) is 2.20. The molecule has 0 aliphatic carbocycles. The lowest BCUT2D eigenvalue weighted by Gasteiger charge is -2.19. The highest BCUT2D eigenvalue weighted by molar-refractivity contribution is 6.01. The first-order chi connectivity index (χ1) is 9.90. The number of carbonyl (C=O) groups is 2. The summed E-state index contributed by atoms with van der Waals surface area (Å²) in [6.07, 6.45) is 0. The van der Waals surface area contributed by atoms with Gasteiger partial charge in [0.1, 0.15) is 6.54 Å². The van der Waals surface area contributed by atoms with Crippen molar-refractivity contribution in [1.82, 2.24) is 9.78 Å². The van der Waals surface area contributed by atoms with Gasteiger partial charge in [0, 0.05) is 12.7 Å². The van der Waals surface area contributed by atoms with Crippen molar-refractivity contribution in [2.45, 2.75) is 20.4 Å². The molecule has 1 heterocycles. The molecule has 1 amide bonds. The number of para-hydroxylation sites is 1. The number of amides is 1. The number of hydrogen-bond acceptors (Lipinski definition) is 3. The number of likely N-dealkylation sites (N-methyl/N-ethyl adjacent to an activating group) is 1. The van der Waals surface area contributed by atoms with E-state index in [-0.39, 0.29) is 18.0 Å². The molecule has 2 rings (SSSR count). The van der Waals surface area contributed by atoms with Crippen molar-refractivity contribution in [3.05, 3.63) is 47.3 Å². The Labute approximate surface area is 122 Å². The Hall–Kier alpha value is -2.63. The summed E-state index contributed by atoms with van der Waals surface area (Å²) in [5, 5.41) is 13.4. The third kappa shape index (κ3) is 3.10. The van der Waals surface area contributed by atoms with E-state index in [1.54, 1.807) is 29.9 Å². The van der Waals surface area contributed by atoms with E-state index in [0.717, 1.165) is 11.4 Å². The predicted molar refractivity (Wildman–Crippen MR) is 78.5 cm³/mol. The van der Waals surface area contributed by atoms with E-state index >= 15 is 0 Å². The summed E-state index contributed by atoms with van der Waals surface area (Å²) in [4.78, 5) is 24.9. The van der Waals surface area contributed by atoms with Crippen LogP contribution in [0.15, 0.2) is 30.3 Å². The number of aromatic carboxylic acids is 1. The van der Waals surface area contributed by atoms with E-state index in [1.807, 2.05) is 19.9 Å². The highest BCUT2D eigenvalue weighted by atomic mass is 16.4. The molecule has 0 unspecified atom stereocenters. The Morgan fingerprint density at radius 2 is 1.95 bits per heavy atom.